The van der Waals surface area contributed by atoms with Crippen LogP contribution in [0, 0.1) is 11.3 Å². The van der Waals surface area contributed by atoms with E-state index in [1.165, 1.54) is 5.56 Å². The van der Waals surface area contributed by atoms with Crippen LogP contribution in [0.25, 0.3) is 0 Å². The highest BCUT2D eigenvalue weighted by Gasteiger charge is 2.52. The van der Waals surface area contributed by atoms with Crippen molar-refractivity contribution in [2.24, 2.45) is 11.3 Å². The second-order valence-electron chi connectivity index (χ2n) is 9.80. The molecule has 2 heterocycles. The van der Waals surface area contributed by atoms with E-state index < -0.39 is 0 Å². The summed E-state index contributed by atoms with van der Waals surface area (Å²) in [7, 11) is 1.70. The Morgan fingerprint density at radius 3 is 2.88 bits per heavy atom. The van der Waals surface area contributed by atoms with Gasteiger partial charge >= 0.3 is 0 Å². The minimum absolute atomic E-state index is 0.215. The topological polar surface area (TPSA) is 54.0 Å². The van der Waals surface area contributed by atoms with Gasteiger partial charge in [0.05, 0.1) is 25.7 Å². The number of hydrogen-bond donors (Lipinski definition) is 1. The number of amides is 1. The quantitative estimate of drug-likeness (QED) is 0.626. The molecule has 0 spiro atoms. The molecular weight excluding hydrogens is 402 g/mol. The Kier molecular flexibility index (Phi) is 8.08. The van der Waals surface area contributed by atoms with Crippen molar-refractivity contribution in [2.45, 2.75) is 51.5 Å². The monoisotopic (exact) mass is 443 g/mol. The fourth-order valence-corrected chi connectivity index (χ4v) is 6.13. The first-order chi connectivity index (χ1) is 15.6. The van der Waals surface area contributed by atoms with Crippen LogP contribution in [0.2, 0.25) is 0 Å². The lowest BCUT2D eigenvalue weighted by molar-refractivity contribution is -0.144. The Bertz CT molecular complexity index is 752. The number of nitrogens with zero attached hydrogens (tertiary/aromatic N) is 2. The molecule has 0 bridgehead atoms. The van der Waals surface area contributed by atoms with Gasteiger partial charge in [-0.3, -0.25) is 9.69 Å². The number of methoxy groups -OCH3 is 1. The smallest absolute Gasteiger partial charge is 0.227 e. The van der Waals surface area contributed by atoms with Crippen LogP contribution in [0.3, 0.4) is 0 Å². The molecule has 3 aliphatic rings. The molecule has 6 nitrogen and oxygen atoms in total. The van der Waals surface area contributed by atoms with Gasteiger partial charge in [-0.15, -0.1) is 0 Å². The van der Waals surface area contributed by atoms with Crippen LogP contribution >= 0.6 is 0 Å². The molecule has 1 aromatic rings. The molecule has 2 saturated heterocycles. The first-order valence-corrected chi connectivity index (χ1v) is 12.6. The molecule has 1 amide bonds. The maximum atomic E-state index is 13.6. The molecule has 1 aromatic carbocycles. The number of piperidine rings is 1. The van der Waals surface area contributed by atoms with Crippen LogP contribution in [0.4, 0.5) is 0 Å². The zero-order valence-electron chi connectivity index (χ0n) is 20.0. The number of hydrogen-bond acceptors (Lipinski definition) is 5. The van der Waals surface area contributed by atoms with Gasteiger partial charge in [0.2, 0.25) is 5.91 Å². The van der Waals surface area contributed by atoms with E-state index in [9.17, 15) is 4.79 Å². The average Bonchev–Trinajstić information content (AvgIpc) is 2.86. The van der Waals surface area contributed by atoms with Crippen molar-refractivity contribution in [3.8, 4) is 5.75 Å². The molecule has 3 fully saturated rings. The highest BCUT2D eigenvalue weighted by Crippen LogP contribution is 2.47. The molecule has 2 aliphatic heterocycles. The van der Waals surface area contributed by atoms with Crippen LogP contribution in [0.5, 0.6) is 5.75 Å². The molecule has 178 valence electrons. The number of rotatable bonds is 8. The Balaban J connectivity index is 1.35. The number of fused-ring (bicyclic) bond motifs is 1. The summed E-state index contributed by atoms with van der Waals surface area (Å²) < 4.78 is 10.9. The predicted molar refractivity (Wildman–Crippen MR) is 127 cm³/mol. The summed E-state index contributed by atoms with van der Waals surface area (Å²) in [5.41, 5.74) is 1.04. The van der Waals surface area contributed by atoms with Gasteiger partial charge in [0.15, 0.2) is 0 Å². The fourth-order valence-electron chi connectivity index (χ4n) is 6.13. The van der Waals surface area contributed by atoms with E-state index in [1.54, 1.807) is 7.11 Å². The highest BCUT2D eigenvalue weighted by atomic mass is 16.5. The van der Waals surface area contributed by atoms with Gasteiger partial charge in [0.25, 0.3) is 0 Å². The van der Waals surface area contributed by atoms with E-state index in [2.05, 4.69) is 34.2 Å². The maximum Gasteiger partial charge on any atom is 0.227 e. The van der Waals surface area contributed by atoms with Crippen LogP contribution in [-0.4, -0.2) is 81.3 Å². The van der Waals surface area contributed by atoms with E-state index in [1.807, 2.05) is 12.1 Å². The molecule has 0 aromatic heterocycles. The Labute approximate surface area is 193 Å². The maximum absolute atomic E-state index is 13.6. The minimum Gasteiger partial charge on any atom is -0.497 e. The van der Waals surface area contributed by atoms with Crippen LogP contribution in [0.15, 0.2) is 24.3 Å². The number of morpholine rings is 1. The normalized spacial score (nSPS) is 29.3. The zero-order valence-corrected chi connectivity index (χ0v) is 20.0. The summed E-state index contributed by atoms with van der Waals surface area (Å²) in [6, 6.07) is 8.84. The van der Waals surface area contributed by atoms with Crippen molar-refractivity contribution in [2.75, 3.05) is 59.6 Å². The van der Waals surface area contributed by atoms with Gasteiger partial charge < -0.3 is 19.7 Å². The summed E-state index contributed by atoms with van der Waals surface area (Å²) in [6.07, 6.45) is 6.35. The third-order valence-electron chi connectivity index (χ3n) is 8.08. The molecule has 4 rings (SSSR count). The van der Waals surface area contributed by atoms with Crippen molar-refractivity contribution in [1.29, 1.82) is 0 Å². The number of ether oxygens (including phenoxy) is 2. The van der Waals surface area contributed by atoms with Gasteiger partial charge in [-0.2, -0.15) is 0 Å². The Morgan fingerprint density at radius 1 is 1.25 bits per heavy atom. The van der Waals surface area contributed by atoms with Crippen molar-refractivity contribution in [1.82, 2.24) is 15.1 Å². The molecule has 1 N–H and O–H groups in total. The summed E-state index contributed by atoms with van der Waals surface area (Å²) in [5.74, 6) is 1.68. The lowest BCUT2D eigenvalue weighted by Gasteiger charge is -2.53. The van der Waals surface area contributed by atoms with Gasteiger partial charge in [-0.25, -0.2) is 0 Å². The minimum atomic E-state index is -0.215. The van der Waals surface area contributed by atoms with Gasteiger partial charge in [0.1, 0.15) is 5.75 Å². The lowest BCUT2D eigenvalue weighted by atomic mass is 9.61. The van der Waals surface area contributed by atoms with E-state index in [0.717, 1.165) is 96.8 Å². The first-order valence-electron chi connectivity index (χ1n) is 12.6. The number of carbonyl (C=O) groups excluding carboxylic acids is 1. The lowest BCUT2D eigenvalue weighted by Crippen LogP contribution is -2.60. The third kappa shape index (κ3) is 5.29. The molecule has 1 saturated carbocycles. The predicted octanol–water partition coefficient (Wildman–Crippen LogP) is 2.96. The number of benzene rings is 1. The molecule has 0 unspecified atom stereocenters. The van der Waals surface area contributed by atoms with Crippen molar-refractivity contribution in [3.63, 3.8) is 0 Å². The van der Waals surface area contributed by atoms with Crippen LogP contribution < -0.4 is 10.1 Å². The van der Waals surface area contributed by atoms with E-state index in [4.69, 9.17) is 9.47 Å². The summed E-state index contributed by atoms with van der Waals surface area (Å²) in [4.78, 5) is 18.7. The zero-order chi connectivity index (χ0) is 22.4. The SMILES string of the molecule is CCN1CC[C@@H]2C[C@@H](N3CCOCC3)CC[C@@]2(C(=O)NCCCc2cccc(OC)c2)C1. The largest absolute Gasteiger partial charge is 0.497 e. The summed E-state index contributed by atoms with van der Waals surface area (Å²) in [5, 5.41) is 3.35. The standard InChI is InChI=1S/C26H41N3O3/c1-3-28-13-10-22-19-23(29-14-16-32-17-15-29)9-11-26(22,20-28)25(30)27-12-5-7-21-6-4-8-24(18-21)31-2/h4,6,8,18,22-23H,3,5,7,9-17,19-20H2,1-2H3,(H,27,30)/t22-,23+,26-/m1/s1. The first kappa shape index (κ1) is 23.5. The van der Waals surface area contributed by atoms with Crippen LogP contribution in [-0.2, 0) is 16.0 Å². The van der Waals surface area contributed by atoms with Crippen molar-refractivity contribution in [3.05, 3.63) is 29.8 Å². The summed E-state index contributed by atoms with van der Waals surface area (Å²) >= 11 is 0. The second-order valence-corrected chi connectivity index (χ2v) is 9.80. The Morgan fingerprint density at radius 2 is 2.09 bits per heavy atom. The van der Waals surface area contributed by atoms with E-state index >= 15 is 0 Å². The number of nitrogens with one attached hydrogen (secondary N) is 1. The van der Waals surface area contributed by atoms with Crippen molar-refractivity contribution < 1.29 is 14.3 Å². The summed E-state index contributed by atoms with van der Waals surface area (Å²) in [6.45, 7) is 9.83. The Hall–Kier alpha value is -1.63. The highest BCUT2D eigenvalue weighted by molar-refractivity contribution is 5.83. The van der Waals surface area contributed by atoms with Gasteiger partial charge in [-0.1, -0.05) is 19.1 Å². The molecule has 0 radical (unpaired) electrons. The van der Waals surface area contributed by atoms with Gasteiger partial charge in [0, 0.05) is 32.2 Å². The van der Waals surface area contributed by atoms with E-state index in [-0.39, 0.29) is 5.41 Å². The van der Waals surface area contributed by atoms with E-state index in [0.29, 0.717) is 17.9 Å². The fraction of sp³-hybridized carbons (Fsp3) is 0.731. The van der Waals surface area contributed by atoms with Crippen LogP contribution in [0.1, 0.15) is 44.6 Å². The molecule has 6 heteroatoms. The molecule has 3 atom stereocenters. The van der Waals surface area contributed by atoms with Crippen molar-refractivity contribution >= 4 is 5.91 Å². The van der Waals surface area contributed by atoms with Gasteiger partial charge in [-0.05, 0) is 75.2 Å². The molecule has 32 heavy (non-hydrogen) atoms. The second kappa shape index (κ2) is 11.0. The average molecular weight is 444 g/mol. The number of carbonyl (C=O) groups is 1. The third-order valence-corrected chi connectivity index (χ3v) is 8.08. The molecular formula is C26H41N3O3. The number of aryl methyl sites for hydroxylation is 1. The number of likely N-dealkylation sites (tertiary alicyclic amines) is 1. The molecule has 1 aliphatic carbocycles.